The van der Waals surface area contributed by atoms with Crippen LogP contribution in [0.2, 0.25) is 15.1 Å². The van der Waals surface area contributed by atoms with E-state index in [2.05, 4.69) is 0 Å². The first kappa shape index (κ1) is 11.0. The zero-order chi connectivity index (χ0) is 11.2. The maximum atomic E-state index is 11.1. The zero-order valence-electron chi connectivity index (χ0n) is 7.18. The van der Waals surface area contributed by atoms with Crippen LogP contribution in [0.15, 0.2) is 12.1 Å². The number of fused-ring (bicyclic) bond motifs is 1. The van der Waals surface area contributed by atoms with Crippen molar-refractivity contribution < 1.29 is 4.79 Å². The van der Waals surface area contributed by atoms with E-state index in [-0.39, 0.29) is 0 Å². The van der Waals surface area contributed by atoms with Crippen molar-refractivity contribution in [2.75, 3.05) is 0 Å². The number of primary amides is 1. The Morgan fingerprint density at radius 1 is 1.27 bits per heavy atom. The van der Waals surface area contributed by atoms with Gasteiger partial charge in [0, 0.05) is 15.1 Å². The van der Waals surface area contributed by atoms with E-state index in [9.17, 15) is 4.79 Å². The molecule has 15 heavy (non-hydrogen) atoms. The number of thiophene rings is 1. The van der Waals surface area contributed by atoms with Crippen LogP contribution in [0.4, 0.5) is 0 Å². The molecule has 0 aliphatic rings. The lowest BCUT2D eigenvalue weighted by atomic mass is 10.2. The minimum Gasteiger partial charge on any atom is -0.365 e. The summed E-state index contributed by atoms with van der Waals surface area (Å²) >= 11 is 19.0. The summed E-state index contributed by atoms with van der Waals surface area (Å²) in [4.78, 5) is 11.4. The predicted octanol–water partition coefficient (Wildman–Crippen LogP) is 3.96. The van der Waals surface area contributed by atoms with Gasteiger partial charge in [-0.25, -0.2) is 0 Å². The second kappa shape index (κ2) is 3.83. The molecule has 0 aliphatic heterocycles. The summed E-state index contributed by atoms with van der Waals surface area (Å²) in [6.45, 7) is 0. The maximum absolute atomic E-state index is 11.1. The van der Waals surface area contributed by atoms with Crippen LogP contribution in [0, 0.1) is 0 Å². The molecule has 0 atom stereocenters. The van der Waals surface area contributed by atoms with Gasteiger partial charge in [-0.3, -0.25) is 4.79 Å². The van der Waals surface area contributed by atoms with Gasteiger partial charge >= 0.3 is 0 Å². The molecule has 2 nitrogen and oxygen atoms in total. The number of hydrogen-bond donors (Lipinski definition) is 1. The number of carbonyl (C=O) groups excluding carboxylic acids is 1. The van der Waals surface area contributed by atoms with Gasteiger partial charge in [0.2, 0.25) is 0 Å². The molecule has 2 rings (SSSR count). The van der Waals surface area contributed by atoms with Gasteiger partial charge in [0.1, 0.15) is 4.88 Å². The van der Waals surface area contributed by atoms with Gasteiger partial charge in [0.05, 0.1) is 10.0 Å². The average molecular weight is 281 g/mol. The monoisotopic (exact) mass is 279 g/mol. The Balaban J connectivity index is 2.88. The standard InChI is InChI=1S/C9H4Cl3NOS/c10-3-1-4(11)6-5(2-3)15-8(7(6)12)9(13)14/h1-2H,(H2,13,14). The van der Waals surface area contributed by atoms with Crippen molar-refractivity contribution in [2.45, 2.75) is 0 Å². The van der Waals surface area contributed by atoms with Crippen molar-refractivity contribution in [3.8, 4) is 0 Å². The van der Waals surface area contributed by atoms with Crippen molar-refractivity contribution in [1.29, 1.82) is 0 Å². The Kier molecular flexibility index (Phi) is 2.81. The number of halogens is 3. The van der Waals surface area contributed by atoms with Crippen LogP contribution in [0.25, 0.3) is 10.1 Å². The summed E-state index contributed by atoms with van der Waals surface area (Å²) in [7, 11) is 0. The Bertz CT molecular complexity index is 564. The zero-order valence-corrected chi connectivity index (χ0v) is 10.3. The van der Waals surface area contributed by atoms with E-state index in [1.807, 2.05) is 0 Å². The Morgan fingerprint density at radius 3 is 2.53 bits per heavy atom. The molecule has 0 fully saturated rings. The van der Waals surface area contributed by atoms with Crippen molar-refractivity contribution in [3.63, 3.8) is 0 Å². The van der Waals surface area contributed by atoms with Crippen molar-refractivity contribution in [3.05, 3.63) is 32.1 Å². The topological polar surface area (TPSA) is 43.1 Å². The molecule has 78 valence electrons. The van der Waals surface area contributed by atoms with Gasteiger partial charge in [-0.05, 0) is 12.1 Å². The molecule has 0 saturated heterocycles. The van der Waals surface area contributed by atoms with E-state index in [1.54, 1.807) is 12.1 Å². The maximum Gasteiger partial charge on any atom is 0.260 e. The molecule has 1 amide bonds. The van der Waals surface area contributed by atoms with Crippen molar-refractivity contribution in [1.82, 2.24) is 0 Å². The Morgan fingerprint density at radius 2 is 1.93 bits per heavy atom. The van der Waals surface area contributed by atoms with Crippen molar-refractivity contribution in [2.24, 2.45) is 5.73 Å². The largest absolute Gasteiger partial charge is 0.365 e. The van der Waals surface area contributed by atoms with Gasteiger partial charge < -0.3 is 5.73 Å². The molecule has 0 aliphatic carbocycles. The summed E-state index contributed by atoms with van der Waals surface area (Å²) in [5.74, 6) is -0.562. The Hall–Kier alpha value is -0.480. The minimum absolute atomic E-state index is 0.296. The summed E-state index contributed by atoms with van der Waals surface area (Å²) < 4.78 is 0.756. The highest BCUT2D eigenvalue weighted by atomic mass is 35.5. The molecular weight excluding hydrogens is 277 g/mol. The van der Waals surface area contributed by atoms with Gasteiger partial charge in [0.15, 0.2) is 0 Å². The lowest BCUT2D eigenvalue weighted by Gasteiger charge is -1.95. The molecule has 0 unspecified atom stereocenters. The first-order chi connectivity index (χ1) is 7.00. The van der Waals surface area contributed by atoms with Gasteiger partial charge in [-0.1, -0.05) is 34.8 Å². The molecule has 0 spiro atoms. The molecular formula is C9H4Cl3NOS. The second-order valence-electron chi connectivity index (χ2n) is 2.87. The lowest BCUT2D eigenvalue weighted by Crippen LogP contribution is -2.08. The second-order valence-corrected chi connectivity index (χ2v) is 5.14. The number of rotatable bonds is 1. The summed E-state index contributed by atoms with van der Waals surface area (Å²) in [6, 6.07) is 3.28. The fourth-order valence-corrected chi connectivity index (χ4v) is 3.51. The fraction of sp³-hybridized carbons (Fsp3) is 0. The molecule has 1 aromatic heterocycles. The van der Waals surface area contributed by atoms with Crippen LogP contribution in [-0.2, 0) is 0 Å². The van der Waals surface area contributed by atoms with Crippen LogP contribution in [0.5, 0.6) is 0 Å². The lowest BCUT2D eigenvalue weighted by molar-refractivity contribution is 0.100. The first-order valence-electron chi connectivity index (χ1n) is 3.87. The third kappa shape index (κ3) is 1.81. The van der Waals surface area contributed by atoms with E-state index in [0.717, 1.165) is 4.70 Å². The molecule has 6 heteroatoms. The molecule has 0 radical (unpaired) electrons. The molecule has 0 bridgehead atoms. The average Bonchev–Trinajstić information content (AvgIpc) is 2.42. The predicted molar refractivity (Wildman–Crippen MR) is 65.4 cm³/mol. The summed E-state index contributed by atoms with van der Waals surface area (Å²) in [5, 5.41) is 1.85. The molecule has 1 heterocycles. The van der Waals surface area contributed by atoms with E-state index in [0.29, 0.717) is 25.3 Å². The highest BCUT2D eigenvalue weighted by Gasteiger charge is 2.17. The first-order valence-corrected chi connectivity index (χ1v) is 5.82. The Labute approximate surface area is 105 Å². The normalized spacial score (nSPS) is 10.9. The molecule has 2 aromatic rings. The van der Waals surface area contributed by atoms with Crippen LogP contribution in [0.3, 0.4) is 0 Å². The SMILES string of the molecule is NC(=O)c1sc2cc(Cl)cc(Cl)c2c1Cl. The third-order valence-corrected chi connectivity index (χ3v) is 4.03. The van der Waals surface area contributed by atoms with Crippen LogP contribution in [-0.4, -0.2) is 5.91 Å². The van der Waals surface area contributed by atoms with Crippen LogP contribution < -0.4 is 5.73 Å². The minimum atomic E-state index is -0.562. The summed E-state index contributed by atoms with van der Waals surface area (Å²) in [6.07, 6.45) is 0. The third-order valence-electron chi connectivity index (χ3n) is 1.87. The van der Waals surface area contributed by atoms with E-state index in [4.69, 9.17) is 40.5 Å². The number of amides is 1. The number of nitrogens with two attached hydrogens (primary N) is 1. The molecule has 0 saturated carbocycles. The molecule has 1 aromatic carbocycles. The number of carbonyl (C=O) groups is 1. The van der Waals surface area contributed by atoms with Crippen LogP contribution in [0.1, 0.15) is 9.67 Å². The van der Waals surface area contributed by atoms with Crippen LogP contribution >= 0.6 is 46.1 Å². The number of hydrogen-bond acceptors (Lipinski definition) is 2. The molecule has 2 N–H and O–H groups in total. The van der Waals surface area contributed by atoms with Gasteiger partial charge in [-0.15, -0.1) is 11.3 Å². The van der Waals surface area contributed by atoms with E-state index < -0.39 is 5.91 Å². The van der Waals surface area contributed by atoms with E-state index in [1.165, 1.54) is 11.3 Å². The van der Waals surface area contributed by atoms with Gasteiger partial charge in [-0.2, -0.15) is 0 Å². The van der Waals surface area contributed by atoms with Gasteiger partial charge in [0.25, 0.3) is 5.91 Å². The summed E-state index contributed by atoms with van der Waals surface area (Å²) in [5.41, 5.74) is 5.18. The highest BCUT2D eigenvalue weighted by molar-refractivity contribution is 7.21. The smallest absolute Gasteiger partial charge is 0.260 e. The highest BCUT2D eigenvalue weighted by Crippen LogP contribution is 2.40. The fourth-order valence-electron chi connectivity index (χ4n) is 1.27. The number of benzene rings is 1. The quantitative estimate of drug-likeness (QED) is 0.844. The van der Waals surface area contributed by atoms with Crippen molar-refractivity contribution >= 4 is 62.1 Å². The van der Waals surface area contributed by atoms with E-state index >= 15 is 0 Å².